The van der Waals surface area contributed by atoms with Crippen LogP contribution in [0.25, 0.3) is 13.2 Å². The van der Waals surface area contributed by atoms with Gasteiger partial charge in [0.1, 0.15) is 0 Å². The molecule has 0 unspecified atom stereocenters. The van der Waals surface area contributed by atoms with E-state index in [1.807, 2.05) is 11.6 Å². The third-order valence-electron chi connectivity index (χ3n) is 2.24. The molecule has 0 N–H and O–H groups in total. The maximum atomic E-state index is 3.92. The second-order valence-corrected chi connectivity index (χ2v) is 2.70. The van der Waals surface area contributed by atoms with Gasteiger partial charge in [-0.2, -0.15) is 0 Å². The Hall–Kier alpha value is 2.46. The molecule has 1 nitrogen and oxygen atoms in total. The van der Waals surface area contributed by atoms with E-state index in [9.17, 15) is 0 Å². The predicted octanol–water partition coefficient (Wildman–Crippen LogP) is 0.450. The summed E-state index contributed by atoms with van der Waals surface area (Å²) < 4.78 is 2.02. The van der Waals surface area contributed by atoms with Crippen LogP contribution in [0.15, 0.2) is 0 Å². The molecule has 0 spiro atoms. The molecular formula is C9H13NW5. The van der Waals surface area contributed by atoms with E-state index in [0.29, 0.717) is 0 Å². The van der Waals surface area contributed by atoms with Crippen molar-refractivity contribution in [2.24, 2.45) is 7.05 Å². The summed E-state index contributed by atoms with van der Waals surface area (Å²) in [4.78, 5) is 0. The summed E-state index contributed by atoms with van der Waals surface area (Å²) in [7, 11) is 1.99. The number of hydrogen-bond acceptors (Lipinski definition) is 0. The third kappa shape index (κ3) is 6.82. The molecule has 0 bridgehead atoms. The fourth-order valence-electron chi connectivity index (χ4n) is 1.10. The van der Waals surface area contributed by atoms with E-state index < -0.39 is 0 Å². The summed E-state index contributed by atoms with van der Waals surface area (Å²) in [6.45, 7) is 12.0. The van der Waals surface area contributed by atoms with Crippen LogP contribution in [0.4, 0.5) is 0 Å². The minimum atomic E-state index is 0. The minimum absolute atomic E-state index is 0. The van der Waals surface area contributed by atoms with Crippen molar-refractivity contribution in [3.8, 4) is 0 Å². The van der Waals surface area contributed by atoms with Gasteiger partial charge in [-0.1, -0.05) is 13.2 Å². The van der Waals surface area contributed by atoms with E-state index in [1.165, 1.54) is 11.1 Å². The quantitative estimate of drug-likeness (QED) is 0.357. The topological polar surface area (TPSA) is 4.93 Å². The van der Waals surface area contributed by atoms with Crippen LogP contribution in [0.3, 0.4) is 0 Å². The van der Waals surface area contributed by atoms with Crippen molar-refractivity contribution in [3.63, 3.8) is 0 Å². The van der Waals surface area contributed by atoms with Crippen LogP contribution in [0.1, 0.15) is 11.1 Å². The Morgan fingerprint density at radius 1 is 0.733 bits per heavy atom. The summed E-state index contributed by atoms with van der Waals surface area (Å²) >= 11 is 0. The molecule has 0 saturated carbocycles. The van der Waals surface area contributed by atoms with Crippen molar-refractivity contribution in [2.75, 3.05) is 0 Å². The molecule has 0 aromatic carbocycles. The van der Waals surface area contributed by atoms with Gasteiger partial charge >= 0.3 is 0 Å². The monoisotopic (exact) mass is 1050 g/mol. The molecular weight excluding hydrogens is 1040 g/mol. The van der Waals surface area contributed by atoms with E-state index in [4.69, 9.17) is 0 Å². The fourth-order valence-corrected chi connectivity index (χ4v) is 1.10. The maximum Gasteiger partial charge on any atom is 0.0368 e. The van der Waals surface area contributed by atoms with Gasteiger partial charge < -0.3 is 4.57 Å². The molecule has 1 aromatic heterocycles. The Labute approximate surface area is 163 Å². The number of aromatic nitrogens is 1. The number of rotatable bonds is 0. The van der Waals surface area contributed by atoms with Crippen LogP contribution in [-0.2, 0) is 112 Å². The van der Waals surface area contributed by atoms with Crippen LogP contribution in [0.2, 0.25) is 0 Å². The Kier molecular flexibility index (Phi) is 26.2. The van der Waals surface area contributed by atoms with Gasteiger partial charge in [0.25, 0.3) is 0 Å². The van der Waals surface area contributed by atoms with Crippen molar-refractivity contribution in [2.45, 2.75) is 13.8 Å². The van der Waals surface area contributed by atoms with Crippen molar-refractivity contribution in [3.05, 3.63) is 21.8 Å². The first kappa shape index (κ1) is 30.5. The summed E-state index contributed by atoms with van der Waals surface area (Å²) in [5.41, 5.74) is 2.51. The molecule has 15 heavy (non-hydrogen) atoms. The van der Waals surface area contributed by atoms with Crippen LogP contribution >= 0.6 is 0 Å². The SMILES string of the molecule is C=c1c(C)c(C)c(=C)n1C.[W].[W].[W].[W].[W]. The molecule has 0 aliphatic rings. The first-order valence-electron chi connectivity index (χ1n) is 3.35. The van der Waals surface area contributed by atoms with Crippen molar-refractivity contribution < 1.29 is 105 Å². The zero-order chi connectivity index (χ0) is 7.89. The van der Waals surface area contributed by atoms with E-state index in [0.717, 1.165) is 10.7 Å². The predicted molar refractivity (Wildman–Crippen MR) is 45.2 cm³/mol. The zero-order valence-electron chi connectivity index (χ0n) is 8.90. The Bertz CT molecular complexity index is 324. The largest absolute Gasteiger partial charge is 0.345 e. The summed E-state index contributed by atoms with van der Waals surface area (Å²) in [5, 5.41) is 2.14. The van der Waals surface area contributed by atoms with Gasteiger partial charge in [-0.15, -0.1) is 0 Å². The molecule has 0 fully saturated rings. The minimum Gasteiger partial charge on any atom is -0.345 e. The van der Waals surface area contributed by atoms with E-state index in [1.54, 1.807) is 0 Å². The molecule has 1 heterocycles. The van der Waals surface area contributed by atoms with E-state index in [2.05, 4.69) is 27.0 Å². The van der Waals surface area contributed by atoms with Gasteiger partial charge in [-0.3, -0.25) is 0 Å². The first-order valence-corrected chi connectivity index (χ1v) is 3.35. The summed E-state index contributed by atoms with van der Waals surface area (Å²) in [5.74, 6) is 0. The Morgan fingerprint density at radius 3 is 1.00 bits per heavy atom. The number of hydrogen-bond donors (Lipinski definition) is 0. The molecule has 0 aliphatic carbocycles. The van der Waals surface area contributed by atoms with Crippen molar-refractivity contribution in [1.82, 2.24) is 4.57 Å². The van der Waals surface area contributed by atoms with E-state index in [-0.39, 0.29) is 105 Å². The molecule has 6 heteroatoms. The molecule has 1 rings (SSSR count). The zero-order valence-corrected chi connectivity index (χ0v) is 23.6. The second-order valence-electron chi connectivity index (χ2n) is 2.70. The molecule has 1 aromatic rings. The smallest absolute Gasteiger partial charge is 0.0368 e. The van der Waals surface area contributed by atoms with Gasteiger partial charge in [-0.25, -0.2) is 0 Å². The molecule has 0 amide bonds. The summed E-state index contributed by atoms with van der Waals surface area (Å²) in [6, 6.07) is 0. The van der Waals surface area contributed by atoms with Gasteiger partial charge in [0.15, 0.2) is 0 Å². The average Bonchev–Trinajstić information content (AvgIpc) is 2.07. The van der Waals surface area contributed by atoms with Crippen LogP contribution in [-0.4, -0.2) is 4.57 Å². The average molecular weight is 1050 g/mol. The number of nitrogens with zero attached hydrogens (tertiary/aromatic N) is 1. The van der Waals surface area contributed by atoms with Gasteiger partial charge in [-0.05, 0) is 25.0 Å². The van der Waals surface area contributed by atoms with E-state index >= 15 is 0 Å². The van der Waals surface area contributed by atoms with Crippen LogP contribution < -0.4 is 10.7 Å². The standard InChI is InChI=1S/C9H13N.5W/c1-6-7(2)9(4)10(5)8(6)3;;;;;/h3-4H2,1-2,5H3;;;;;. The van der Waals surface area contributed by atoms with Gasteiger partial charge in [0.2, 0.25) is 0 Å². The van der Waals surface area contributed by atoms with Crippen LogP contribution in [0, 0.1) is 13.8 Å². The normalized spacial score (nSPS) is 6.87. The molecule has 84 valence electrons. The first-order chi connectivity index (χ1) is 4.55. The van der Waals surface area contributed by atoms with Gasteiger partial charge in [0, 0.05) is 123 Å². The molecule has 0 aliphatic heterocycles. The second kappa shape index (κ2) is 12.9. The maximum absolute atomic E-state index is 3.92. The molecule has 0 atom stereocenters. The fraction of sp³-hybridized carbons (Fsp3) is 0.333. The van der Waals surface area contributed by atoms with Gasteiger partial charge in [0.05, 0.1) is 0 Å². The Balaban J connectivity index is -0.0000000667. The molecule has 0 radical (unpaired) electrons. The van der Waals surface area contributed by atoms with Crippen LogP contribution in [0.5, 0.6) is 0 Å². The summed E-state index contributed by atoms with van der Waals surface area (Å²) in [6.07, 6.45) is 0. The van der Waals surface area contributed by atoms with Crippen molar-refractivity contribution in [1.29, 1.82) is 0 Å². The third-order valence-corrected chi connectivity index (χ3v) is 2.24. The molecule has 0 saturated heterocycles. The Morgan fingerprint density at radius 2 is 0.933 bits per heavy atom. The van der Waals surface area contributed by atoms with Crippen molar-refractivity contribution >= 4 is 13.2 Å².